The average molecular weight is 394 g/mol. The molecule has 136 valence electrons. The van der Waals surface area contributed by atoms with Crippen molar-refractivity contribution in [1.82, 2.24) is 9.55 Å². The lowest BCUT2D eigenvalue weighted by molar-refractivity contribution is -0.137. The molecule has 0 atom stereocenters. The highest BCUT2D eigenvalue weighted by Gasteiger charge is 2.20. The third-order valence-electron chi connectivity index (χ3n) is 4.22. The van der Waals surface area contributed by atoms with Gasteiger partial charge in [0, 0.05) is 19.5 Å². The van der Waals surface area contributed by atoms with Crippen LogP contribution < -0.4 is 10.3 Å². The highest BCUT2D eigenvalue weighted by molar-refractivity contribution is 6.35. The molecule has 0 saturated heterocycles. The Morgan fingerprint density at radius 3 is 2.50 bits per heavy atom. The number of halogens is 2. The first-order valence-electron chi connectivity index (χ1n) is 7.99. The minimum atomic E-state index is -1.05. The van der Waals surface area contributed by atoms with Crippen molar-refractivity contribution < 1.29 is 9.90 Å². The topological polar surface area (TPSA) is 75.4 Å². The molecule has 0 saturated carbocycles. The van der Waals surface area contributed by atoms with Crippen LogP contribution in [0.5, 0.6) is 0 Å². The molecular weight excluding hydrogens is 377 g/mol. The largest absolute Gasteiger partial charge is 0.480 e. The molecule has 6 nitrogen and oxygen atoms in total. The van der Waals surface area contributed by atoms with E-state index in [1.165, 1.54) is 4.57 Å². The Morgan fingerprint density at radius 2 is 1.92 bits per heavy atom. The lowest BCUT2D eigenvalue weighted by atomic mass is 10.1. The Labute approximate surface area is 159 Å². The van der Waals surface area contributed by atoms with Gasteiger partial charge in [0.15, 0.2) is 5.43 Å². The Kier molecular flexibility index (Phi) is 4.82. The number of aromatic nitrogens is 2. The van der Waals surface area contributed by atoms with Crippen LogP contribution >= 0.6 is 23.2 Å². The lowest BCUT2D eigenvalue weighted by Crippen LogP contribution is -2.20. The summed E-state index contributed by atoms with van der Waals surface area (Å²) in [5, 5.41) is 10.9. The summed E-state index contributed by atoms with van der Waals surface area (Å²) < 4.78 is 1.52. The van der Waals surface area contributed by atoms with Crippen LogP contribution in [0.15, 0.2) is 23.0 Å². The highest BCUT2D eigenvalue weighted by Crippen LogP contribution is 2.34. The van der Waals surface area contributed by atoms with Gasteiger partial charge in [0.25, 0.3) is 0 Å². The molecule has 1 N–H and O–H groups in total. The number of fused-ring (bicyclic) bond motifs is 2. The first kappa shape index (κ1) is 18.5. The van der Waals surface area contributed by atoms with E-state index in [0.717, 1.165) is 0 Å². The van der Waals surface area contributed by atoms with Crippen molar-refractivity contribution in [3.05, 3.63) is 44.2 Å². The summed E-state index contributed by atoms with van der Waals surface area (Å²) in [5.41, 5.74) is 1.65. The molecule has 3 rings (SSSR count). The first-order chi connectivity index (χ1) is 12.3. The molecule has 0 aliphatic carbocycles. The maximum absolute atomic E-state index is 13.0. The number of pyridine rings is 2. The Bertz CT molecular complexity index is 1110. The van der Waals surface area contributed by atoms with Gasteiger partial charge in [-0.2, -0.15) is 0 Å². The van der Waals surface area contributed by atoms with Crippen molar-refractivity contribution in [3.63, 3.8) is 0 Å². The predicted octanol–water partition coefficient (Wildman–Crippen LogP) is 3.57. The number of rotatable bonds is 4. The fourth-order valence-electron chi connectivity index (χ4n) is 3.11. The molecular formula is C18H17Cl2N3O3. The minimum Gasteiger partial charge on any atom is -0.480 e. The second kappa shape index (κ2) is 6.78. The van der Waals surface area contributed by atoms with Gasteiger partial charge >= 0.3 is 5.97 Å². The Balaban J connectivity index is 2.65. The molecule has 1 aromatic carbocycles. The number of carboxylic acids is 1. The standard InChI is InChI=1S/C18H17Cl2N3O3/c1-4-13-12(20)7-10-17(26)9-5-6-11(19)16(22(2)3)15(9)23(8-14(24)25)18(10)21-13/h5-7H,4,8H2,1-3H3,(H,24,25). The van der Waals surface area contributed by atoms with Crippen LogP contribution in [0.2, 0.25) is 10.0 Å². The smallest absolute Gasteiger partial charge is 0.323 e. The third kappa shape index (κ3) is 2.89. The highest BCUT2D eigenvalue weighted by atomic mass is 35.5. The van der Waals surface area contributed by atoms with Gasteiger partial charge in [0.05, 0.1) is 32.3 Å². The summed E-state index contributed by atoms with van der Waals surface area (Å²) in [5.74, 6) is -1.05. The van der Waals surface area contributed by atoms with Gasteiger partial charge in [-0.15, -0.1) is 0 Å². The molecule has 0 amide bonds. The number of nitrogens with zero attached hydrogens (tertiary/aromatic N) is 3. The number of hydrogen-bond donors (Lipinski definition) is 1. The Morgan fingerprint density at radius 1 is 1.23 bits per heavy atom. The molecule has 3 aromatic rings. The lowest BCUT2D eigenvalue weighted by Gasteiger charge is -2.21. The fourth-order valence-corrected chi connectivity index (χ4v) is 3.72. The zero-order valence-corrected chi connectivity index (χ0v) is 16.0. The average Bonchev–Trinajstić information content (AvgIpc) is 2.57. The summed E-state index contributed by atoms with van der Waals surface area (Å²) in [6, 6.07) is 4.80. The maximum Gasteiger partial charge on any atom is 0.323 e. The van der Waals surface area contributed by atoms with Gasteiger partial charge in [0.2, 0.25) is 0 Å². The van der Waals surface area contributed by atoms with Crippen LogP contribution in [0, 0.1) is 0 Å². The molecule has 2 aromatic heterocycles. The number of carbonyl (C=O) groups is 1. The third-order valence-corrected chi connectivity index (χ3v) is 4.85. The van der Waals surface area contributed by atoms with E-state index in [1.807, 2.05) is 6.92 Å². The summed E-state index contributed by atoms with van der Waals surface area (Å²) in [4.78, 5) is 30.8. The molecule has 26 heavy (non-hydrogen) atoms. The number of aryl methyl sites for hydroxylation is 1. The Hall–Kier alpha value is -2.31. The SMILES string of the molecule is CCc1nc2c(cc1Cl)c(=O)c1ccc(Cl)c(N(C)C)c1n2CC(=O)O. The summed E-state index contributed by atoms with van der Waals surface area (Å²) in [6.07, 6.45) is 0.560. The van der Waals surface area contributed by atoms with Crippen LogP contribution in [0.1, 0.15) is 12.6 Å². The van der Waals surface area contributed by atoms with Crippen molar-refractivity contribution in [2.24, 2.45) is 0 Å². The van der Waals surface area contributed by atoms with E-state index < -0.39 is 5.97 Å². The molecule has 0 radical (unpaired) electrons. The molecule has 0 bridgehead atoms. The number of carboxylic acid groups (broad SMARTS) is 1. The van der Waals surface area contributed by atoms with Crippen LogP contribution in [-0.4, -0.2) is 34.7 Å². The maximum atomic E-state index is 13.0. The van der Waals surface area contributed by atoms with Crippen LogP contribution in [0.25, 0.3) is 21.9 Å². The summed E-state index contributed by atoms with van der Waals surface area (Å²) >= 11 is 12.6. The molecule has 0 fully saturated rings. The van der Waals surface area contributed by atoms with E-state index in [2.05, 4.69) is 4.98 Å². The van der Waals surface area contributed by atoms with Gasteiger partial charge in [-0.1, -0.05) is 30.1 Å². The molecule has 2 heterocycles. The first-order valence-corrected chi connectivity index (χ1v) is 8.75. The van der Waals surface area contributed by atoms with E-state index in [4.69, 9.17) is 23.2 Å². The molecule has 0 aliphatic rings. The van der Waals surface area contributed by atoms with Gasteiger partial charge < -0.3 is 14.6 Å². The number of benzene rings is 1. The van der Waals surface area contributed by atoms with E-state index >= 15 is 0 Å². The number of anilines is 1. The number of aliphatic carboxylic acids is 1. The predicted molar refractivity (Wildman–Crippen MR) is 105 cm³/mol. The quantitative estimate of drug-likeness (QED) is 0.685. The van der Waals surface area contributed by atoms with Gasteiger partial charge in [-0.05, 0) is 24.6 Å². The van der Waals surface area contributed by atoms with Crippen molar-refractivity contribution in [3.8, 4) is 0 Å². The second-order valence-electron chi connectivity index (χ2n) is 6.14. The van der Waals surface area contributed by atoms with E-state index in [9.17, 15) is 14.7 Å². The molecule has 0 spiro atoms. The van der Waals surface area contributed by atoms with E-state index in [0.29, 0.717) is 38.8 Å². The monoisotopic (exact) mass is 393 g/mol. The number of hydrogen-bond acceptors (Lipinski definition) is 4. The zero-order valence-electron chi connectivity index (χ0n) is 14.5. The summed E-state index contributed by atoms with van der Waals surface area (Å²) in [7, 11) is 3.57. The van der Waals surface area contributed by atoms with Gasteiger partial charge in [0.1, 0.15) is 12.2 Å². The van der Waals surface area contributed by atoms with Crippen molar-refractivity contribution in [2.75, 3.05) is 19.0 Å². The van der Waals surface area contributed by atoms with E-state index in [1.54, 1.807) is 37.2 Å². The van der Waals surface area contributed by atoms with E-state index in [-0.39, 0.29) is 23.0 Å². The van der Waals surface area contributed by atoms with Crippen molar-refractivity contribution in [1.29, 1.82) is 0 Å². The normalized spacial score (nSPS) is 11.3. The molecule has 0 aliphatic heterocycles. The van der Waals surface area contributed by atoms with Gasteiger partial charge in [-0.25, -0.2) is 4.98 Å². The van der Waals surface area contributed by atoms with Crippen LogP contribution in [0.4, 0.5) is 5.69 Å². The van der Waals surface area contributed by atoms with Crippen molar-refractivity contribution >= 4 is 56.8 Å². The van der Waals surface area contributed by atoms with Crippen molar-refractivity contribution in [2.45, 2.75) is 19.9 Å². The molecule has 8 heteroatoms. The van der Waals surface area contributed by atoms with Gasteiger partial charge in [-0.3, -0.25) is 9.59 Å². The summed E-state index contributed by atoms with van der Waals surface area (Å²) in [6.45, 7) is 1.54. The molecule has 0 unspecified atom stereocenters. The fraction of sp³-hybridized carbons (Fsp3) is 0.278. The zero-order chi connectivity index (χ0) is 19.2. The van der Waals surface area contributed by atoms with Crippen LogP contribution in [-0.2, 0) is 17.8 Å². The van der Waals surface area contributed by atoms with Crippen LogP contribution in [0.3, 0.4) is 0 Å². The minimum absolute atomic E-state index is 0.256. The second-order valence-corrected chi connectivity index (χ2v) is 6.95.